The fraction of sp³-hybridized carbons (Fsp3) is 0.105. The van der Waals surface area contributed by atoms with E-state index in [1.165, 1.54) is 12.1 Å². The molecule has 0 unspecified atom stereocenters. The lowest BCUT2D eigenvalue weighted by Crippen LogP contribution is -1.99. The van der Waals surface area contributed by atoms with Crippen LogP contribution in [0.15, 0.2) is 66.7 Å². The van der Waals surface area contributed by atoms with Gasteiger partial charge in [0.15, 0.2) is 0 Å². The summed E-state index contributed by atoms with van der Waals surface area (Å²) in [5, 5.41) is 0. The quantitative estimate of drug-likeness (QED) is 0.691. The molecular formula is C19H16FNO. The minimum absolute atomic E-state index is 0.261. The molecule has 0 radical (unpaired) electrons. The van der Waals surface area contributed by atoms with Crippen LogP contribution in [-0.2, 0) is 6.61 Å². The summed E-state index contributed by atoms with van der Waals surface area (Å²) >= 11 is 0. The summed E-state index contributed by atoms with van der Waals surface area (Å²) < 4.78 is 19.0. The Morgan fingerprint density at radius 1 is 0.909 bits per heavy atom. The molecule has 0 atom stereocenters. The third-order valence-electron chi connectivity index (χ3n) is 3.35. The molecule has 0 amide bonds. The van der Waals surface area contributed by atoms with E-state index in [0.29, 0.717) is 12.4 Å². The van der Waals surface area contributed by atoms with Gasteiger partial charge in [0, 0.05) is 11.3 Å². The number of halogens is 1. The average Bonchev–Trinajstić information content (AvgIpc) is 2.55. The van der Waals surface area contributed by atoms with Gasteiger partial charge in [-0.15, -0.1) is 0 Å². The summed E-state index contributed by atoms with van der Waals surface area (Å²) in [6, 6.07) is 20.1. The summed E-state index contributed by atoms with van der Waals surface area (Å²) in [4.78, 5) is 4.54. The highest BCUT2D eigenvalue weighted by atomic mass is 19.1. The van der Waals surface area contributed by atoms with Gasteiger partial charge in [0.1, 0.15) is 23.9 Å². The number of benzene rings is 2. The monoisotopic (exact) mass is 293 g/mol. The number of aromatic nitrogens is 1. The van der Waals surface area contributed by atoms with E-state index in [2.05, 4.69) is 4.98 Å². The summed E-state index contributed by atoms with van der Waals surface area (Å²) in [5.74, 6) is 0.434. The van der Waals surface area contributed by atoms with E-state index in [0.717, 1.165) is 22.5 Å². The maximum absolute atomic E-state index is 13.1. The van der Waals surface area contributed by atoms with Crippen molar-refractivity contribution in [2.24, 2.45) is 0 Å². The first-order chi connectivity index (χ1) is 10.7. The Balaban J connectivity index is 1.89. The number of hydrogen-bond acceptors (Lipinski definition) is 2. The lowest BCUT2D eigenvalue weighted by atomic mass is 10.1. The van der Waals surface area contributed by atoms with Crippen molar-refractivity contribution in [1.82, 2.24) is 4.98 Å². The minimum atomic E-state index is -0.261. The van der Waals surface area contributed by atoms with Gasteiger partial charge in [-0.3, -0.25) is 0 Å². The Labute approximate surface area is 129 Å². The molecule has 3 aromatic rings. The Bertz CT molecular complexity index is 754. The highest BCUT2D eigenvalue weighted by Gasteiger charge is 2.09. The highest BCUT2D eigenvalue weighted by molar-refractivity contribution is 5.66. The summed E-state index contributed by atoms with van der Waals surface area (Å²) in [7, 11) is 0. The van der Waals surface area contributed by atoms with Crippen molar-refractivity contribution in [3.8, 4) is 17.0 Å². The van der Waals surface area contributed by atoms with Crippen molar-refractivity contribution in [3.05, 3.63) is 83.8 Å². The molecule has 22 heavy (non-hydrogen) atoms. The van der Waals surface area contributed by atoms with Crippen LogP contribution in [0.3, 0.4) is 0 Å². The van der Waals surface area contributed by atoms with Crippen LogP contribution in [0.1, 0.15) is 11.3 Å². The molecule has 0 saturated heterocycles. The van der Waals surface area contributed by atoms with Crippen molar-refractivity contribution >= 4 is 0 Å². The van der Waals surface area contributed by atoms with Gasteiger partial charge in [-0.2, -0.15) is 0 Å². The molecule has 0 aliphatic carbocycles. The molecule has 1 heterocycles. The molecule has 2 aromatic carbocycles. The molecule has 110 valence electrons. The summed E-state index contributed by atoms with van der Waals surface area (Å²) in [6.45, 7) is 2.40. The molecule has 0 aliphatic rings. The van der Waals surface area contributed by atoms with Crippen molar-refractivity contribution in [1.29, 1.82) is 0 Å². The molecule has 1 aromatic heterocycles. The maximum atomic E-state index is 13.1. The largest absolute Gasteiger partial charge is 0.487 e. The third kappa shape index (κ3) is 3.31. The molecule has 0 bridgehead atoms. The molecule has 0 N–H and O–H groups in total. The van der Waals surface area contributed by atoms with E-state index in [1.807, 2.05) is 49.4 Å². The number of hydrogen-bond donors (Lipinski definition) is 0. The van der Waals surface area contributed by atoms with Gasteiger partial charge in [0.25, 0.3) is 0 Å². The van der Waals surface area contributed by atoms with Crippen molar-refractivity contribution < 1.29 is 9.13 Å². The zero-order chi connectivity index (χ0) is 15.4. The van der Waals surface area contributed by atoms with Gasteiger partial charge >= 0.3 is 0 Å². The van der Waals surface area contributed by atoms with Crippen LogP contribution in [0, 0.1) is 12.7 Å². The van der Waals surface area contributed by atoms with Gasteiger partial charge in [0.05, 0.1) is 0 Å². The van der Waals surface area contributed by atoms with Crippen LogP contribution in [0.5, 0.6) is 5.75 Å². The second-order valence-electron chi connectivity index (χ2n) is 5.08. The second-order valence-corrected chi connectivity index (χ2v) is 5.08. The zero-order valence-corrected chi connectivity index (χ0v) is 12.3. The topological polar surface area (TPSA) is 22.1 Å². The standard InChI is InChI=1S/C19H16FNO/c1-14-7-12-18(22-13-15-5-3-2-4-6-15)19(21-14)16-8-10-17(20)11-9-16/h2-12H,13H2,1H3. The Hall–Kier alpha value is -2.68. The number of nitrogens with zero attached hydrogens (tertiary/aromatic N) is 1. The van der Waals surface area contributed by atoms with Crippen molar-refractivity contribution in [2.45, 2.75) is 13.5 Å². The molecule has 0 fully saturated rings. The van der Waals surface area contributed by atoms with Crippen LogP contribution in [0.25, 0.3) is 11.3 Å². The van der Waals surface area contributed by atoms with E-state index in [9.17, 15) is 4.39 Å². The van der Waals surface area contributed by atoms with Gasteiger partial charge in [-0.1, -0.05) is 30.3 Å². The Kier molecular flexibility index (Phi) is 4.15. The first-order valence-corrected chi connectivity index (χ1v) is 7.13. The van der Waals surface area contributed by atoms with E-state index < -0.39 is 0 Å². The Morgan fingerprint density at radius 3 is 2.36 bits per heavy atom. The lowest BCUT2D eigenvalue weighted by Gasteiger charge is -2.12. The van der Waals surface area contributed by atoms with E-state index >= 15 is 0 Å². The molecule has 3 rings (SSSR count). The second kappa shape index (κ2) is 6.39. The van der Waals surface area contributed by atoms with Crippen LogP contribution in [-0.4, -0.2) is 4.98 Å². The first-order valence-electron chi connectivity index (χ1n) is 7.13. The summed E-state index contributed by atoms with van der Waals surface area (Å²) in [6.07, 6.45) is 0. The minimum Gasteiger partial charge on any atom is -0.487 e. The molecule has 0 saturated carbocycles. The summed E-state index contributed by atoms with van der Waals surface area (Å²) in [5.41, 5.74) is 3.56. The molecular weight excluding hydrogens is 277 g/mol. The average molecular weight is 293 g/mol. The lowest BCUT2D eigenvalue weighted by molar-refractivity contribution is 0.306. The zero-order valence-electron chi connectivity index (χ0n) is 12.3. The fourth-order valence-corrected chi connectivity index (χ4v) is 2.21. The van der Waals surface area contributed by atoms with Crippen LogP contribution in [0.4, 0.5) is 4.39 Å². The van der Waals surface area contributed by atoms with Crippen LogP contribution >= 0.6 is 0 Å². The molecule has 0 spiro atoms. The van der Waals surface area contributed by atoms with E-state index in [4.69, 9.17) is 4.74 Å². The van der Waals surface area contributed by atoms with Crippen LogP contribution < -0.4 is 4.74 Å². The van der Waals surface area contributed by atoms with Gasteiger partial charge in [-0.05, 0) is 48.9 Å². The maximum Gasteiger partial charge on any atom is 0.146 e. The number of aryl methyl sites for hydroxylation is 1. The van der Waals surface area contributed by atoms with E-state index in [1.54, 1.807) is 12.1 Å². The normalized spacial score (nSPS) is 10.5. The first kappa shape index (κ1) is 14.3. The van der Waals surface area contributed by atoms with Crippen LogP contribution in [0.2, 0.25) is 0 Å². The number of ether oxygens (including phenoxy) is 1. The highest BCUT2D eigenvalue weighted by Crippen LogP contribution is 2.29. The third-order valence-corrected chi connectivity index (χ3v) is 3.35. The SMILES string of the molecule is Cc1ccc(OCc2ccccc2)c(-c2ccc(F)cc2)n1. The fourth-order valence-electron chi connectivity index (χ4n) is 2.21. The molecule has 3 heteroatoms. The van der Waals surface area contributed by atoms with Gasteiger partial charge in [0.2, 0.25) is 0 Å². The van der Waals surface area contributed by atoms with Gasteiger partial charge in [-0.25, -0.2) is 9.37 Å². The number of pyridine rings is 1. The predicted molar refractivity (Wildman–Crippen MR) is 85.1 cm³/mol. The van der Waals surface area contributed by atoms with E-state index in [-0.39, 0.29) is 5.82 Å². The van der Waals surface area contributed by atoms with Crippen molar-refractivity contribution in [2.75, 3.05) is 0 Å². The Morgan fingerprint density at radius 2 is 1.64 bits per heavy atom. The molecule has 2 nitrogen and oxygen atoms in total. The smallest absolute Gasteiger partial charge is 0.146 e. The van der Waals surface area contributed by atoms with Gasteiger partial charge < -0.3 is 4.74 Å². The van der Waals surface area contributed by atoms with Crippen molar-refractivity contribution in [3.63, 3.8) is 0 Å². The predicted octanol–water partition coefficient (Wildman–Crippen LogP) is 4.78. The number of rotatable bonds is 4. The molecule has 0 aliphatic heterocycles.